The minimum Gasteiger partial charge on any atom is -0.303 e. The van der Waals surface area contributed by atoms with Crippen LogP contribution in [0.15, 0.2) is 12.2 Å². The summed E-state index contributed by atoms with van der Waals surface area (Å²) in [5.41, 5.74) is 1.98. The van der Waals surface area contributed by atoms with Gasteiger partial charge in [0.15, 0.2) is 0 Å². The molecule has 2 fully saturated rings. The van der Waals surface area contributed by atoms with Gasteiger partial charge in [-0.3, -0.25) is 0 Å². The topological polar surface area (TPSA) is 17.1 Å². The Balaban J connectivity index is 2.03. The van der Waals surface area contributed by atoms with E-state index >= 15 is 0 Å². The standard InChI is InChI=1S/C20H34O/c1-16(9-8-11-18(2,3)4)17-10-14-20(15-21)13-7-6-12-19(17,20)5/h15,17H,1,6-14H2,2-5H3. The lowest BCUT2D eigenvalue weighted by Crippen LogP contribution is -2.43. The van der Waals surface area contributed by atoms with E-state index in [0.717, 1.165) is 19.3 Å². The van der Waals surface area contributed by atoms with Crippen LogP contribution >= 0.6 is 0 Å². The molecule has 0 aromatic rings. The molecule has 0 saturated heterocycles. The van der Waals surface area contributed by atoms with E-state index in [2.05, 4.69) is 34.3 Å². The van der Waals surface area contributed by atoms with Crippen LogP contribution in [0.4, 0.5) is 0 Å². The summed E-state index contributed by atoms with van der Waals surface area (Å²) in [5.74, 6) is 0.572. The van der Waals surface area contributed by atoms with Crippen molar-refractivity contribution >= 4 is 6.29 Å². The van der Waals surface area contributed by atoms with Crippen molar-refractivity contribution in [2.45, 2.75) is 85.5 Å². The molecule has 21 heavy (non-hydrogen) atoms. The summed E-state index contributed by atoms with van der Waals surface area (Å²) < 4.78 is 0. The number of aldehydes is 1. The second kappa shape index (κ2) is 5.89. The highest BCUT2D eigenvalue weighted by Crippen LogP contribution is 2.64. The van der Waals surface area contributed by atoms with Crippen molar-refractivity contribution in [2.24, 2.45) is 22.2 Å². The van der Waals surface area contributed by atoms with Gasteiger partial charge < -0.3 is 4.79 Å². The largest absolute Gasteiger partial charge is 0.303 e. The molecule has 3 unspecified atom stereocenters. The highest BCUT2D eigenvalue weighted by atomic mass is 16.1. The Kier molecular flexibility index (Phi) is 4.71. The monoisotopic (exact) mass is 290 g/mol. The molecular formula is C20H34O. The van der Waals surface area contributed by atoms with Crippen LogP contribution in [0.1, 0.15) is 85.5 Å². The van der Waals surface area contributed by atoms with Crippen molar-refractivity contribution in [1.82, 2.24) is 0 Å². The summed E-state index contributed by atoms with van der Waals surface area (Å²) in [6, 6.07) is 0. The Morgan fingerprint density at radius 1 is 1.24 bits per heavy atom. The molecule has 0 aromatic heterocycles. The summed E-state index contributed by atoms with van der Waals surface area (Å²) in [7, 11) is 0. The summed E-state index contributed by atoms with van der Waals surface area (Å²) >= 11 is 0. The van der Waals surface area contributed by atoms with E-state index in [1.54, 1.807) is 0 Å². The first-order chi connectivity index (χ1) is 9.74. The van der Waals surface area contributed by atoms with Gasteiger partial charge in [-0.05, 0) is 61.7 Å². The molecule has 0 heterocycles. The van der Waals surface area contributed by atoms with Crippen molar-refractivity contribution in [3.63, 3.8) is 0 Å². The highest BCUT2D eigenvalue weighted by Gasteiger charge is 2.58. The molecule has 1 nitrogen and oxygen atoms in total. The molecule has 2 saturated carbocycles. The van der Waals surface area contributed by atoms with Crippen LogP contribution in [-0.4, -0.2) is 6.29 Å². The van der Waals surface area contributed by atoms with Gasteiger partial charge in [0.2, 0.25) is 0 Å². The van der Waals surface area contributed by atoms with Gasteiger partial charge in [-0.1, -0.05) is 52.7 Å². The predicted molar refractivity (Wildman–Crippen MR) is 90.2 cm³/mol. The second-order valence-electron chi connectivity index (χ2n) is 9.06. The number of fused-ring (bicyclic) bond motifs is 1. The van der Waals surface area contributed by atoms with Gasteiger partial charge >= 0.3 is 0 Å². The third-order valence-corrected chi connectivity index (χ3v) is 6.50. The number of carbonyl (C=O) groups is 1. The number of rotatable bonds is 5. The number of carbonyl (C=O) groups excluding carboxylic acids is 1. The van der Waals surface area contributed by atoms with Crippen LogP contribution < -0.4 is 0 Å². The van der Waals surface area contributed by atoms with Gasteiger partial charge in [-0.25, -0.2) is 0 Å². The summed E-state index contributed by atoms with van der Waals surface area (Å²) in [5, 5.41) is 0. The Bertz CT molecular complexity index is 403. The first-order valence-electron chi connectivity index (χ1n) is 8.88. The first kappa shape index (κ1) is 16.8. The minimum atomic E-state index is -0.0388. The van der Waals surface area contributed by atoms with Crippen molar-refractivity contribution in [2.75, 3.05) is 0 Å². The number of allylic oxidation sites excluding steroid dienone is 1. The molecule has 0 N–H and O–H groups in total. The smallest absolute Gasteiger partial charge is 0.126 e. The van der Waals surface area contributed by atoms with Crippen molar-refractivity contribution < 1.29 is 4.79 Å². The molecule has 0 bridgehead atoms. The fourth-order valence-corrected chi connectivity index (χ4v) is 5.05. The van der Waals surface area contributed by atoms with E-state index in [4.69, 9.17) is 0 Å². The van der Waals surface area contributed by atoms with Crippen LogP contribution in [0.25, 0.3) is 0 Å². The average Bonchev–Trinajstić information content (AvgIpc) is 2.70. The number of hydrogen-bond donors (Lipinski definition) is 0. The zero-order valence-electron chi connectivity index (χ0n) is 14.6. The molecule has 120 valence electrons. The van der Waals surface area contributed by atoms with Gasteiger partial charge in [0, 0.05) is 5.41 Å². The SMILES string of the molecule is C=C(CCCC(C)(C)C)C1CCC2(C=O)CCCCC12C. The van der Waals surface area contributed by atoms with Gasteiger partial charge in [-0.2, -0.15) is 0 Å². The molecule has 1 heteroatoms. The van der Waals surface area contributed by atoms with Gasteiger partial charge in [-0.15, -0.1) is 0 Å². The molecule has 2 rings (SSSR count). The minimum absolute atomic E-state index is 0.0388. The molecule has 2 aliphatic rings. The van der Waals surface area contributed by atoms with Crippen molar-refractivity contribution in [1.29, 1.82) is 0 Å². The van der Waals surface area contributed by atoms with Crippen LogP contribution in [0, 0.1) is 22.2 Å². The zero-order chi connectivity index (χ0) is 15.7. The summed E-state index contributed by atoms with van der Waals surface area (Å²) in [6.07, 6.45) is 12.1. The summed E-state index contributed by atoms with van der Waals surface area (Å²) in [6.45, 7) is 13.8. The van der Waals surface area contributed by atoms with Gasteiger partial charge in [0.25, 0.3) is 0 Å². The van der Waals surface area contributed by atoms with E-state index < -0.39 is 0 Å². The van der Waals surface area contributed by atoms with Crippen molar-refractivity contribution in [3.8, 4) is 0 Å². The molecular weight excluding hydrogens is 256 g/mol. The Morgan fingerprint density at radius 3 is 2.52 bits per heavy atom. The van der Waals surface area contributed by atoms with Crippen molar-refractivity contribution in [3.05, 3.63) is 12.2 Å². The molecule has 3 atom stereocenters. The highest BCUT2D eigenvalue weighted by molar-refractivity contribution is 5.63. The molecule has 0 aromatic carbocycles. The maximum absolute atomic E-state index is 11.9. The third-order valence-electron chi connectivity index (χ3n) is 6.50. The van der Waals surface area contributed by atoms with E-state index in [-0.39, 0.29) is 10.8 Å². The van der Waals surface area contributed by atoms with Gasteiger partial charge in [0.05, 0.1) is 0 Å². The molecule has 0 aliphatic heterocycles. The Hall–Kier alpha value is -0.590. The molecule has 0 amide bonds. The predicted octanol–water partition coefficient (Wildman–Crippen LogP) is 5.93. The van der Waals surface area contributed by atoms with E-state index in [9.17, 15) is 4.79 Å². The van der Waals surface area contributed by atoms with E-state index in [1.165, 1.54) is 50.4 Å². The van der Waals surface area contributed by atoms with Crippen LogP contribution in [-0.2, 0) is 4.79 Å². The lowest BCUT2D eigenvalue weighted by Gasteiger charge is -2.47. The zero-order valence-corrected chi connectivity index (χ0v) is 14.6. The Labute approximate surface area is 131 Å². The fourth-order valence-electron chi connectivity index (χ4n) is 5.05. The lowest BCUT2D eigenvalue weighted by molar-refractivity contribution is -0.125. The normalized spacial score (nSPS) is 36.3. The Morgan fingerprint density at radius 2 is 1.90 bits per heavy atom. The third kappa shape index (κ3) is 3.12. The van der Waals surface area contributed by atoms with E-state index in [1.807, 2.05) is 0 Å². The maximum atomic E-state index is 11.9. The molecule has 0 radical (unpaired) electrons. The second-order valence-corrected chi connectivity index (χ2v) is 9.06. The van der Waals surface area contributed by atoms with Crippen LogP contribution in [0.5, 0.6) is 0 Å². The fraction of sp³-hybridized carbons (Fsp3) is 0.850. The number of hydrogen-bond acceptors (Lipinski definition) is 1. The average molecular weight is 290 g/mol. The maximum Gasteiger partial charge on any atom is 0.126 e. The van der Waals surface area contributed by atoms with E-state index in [0.29, 0.717) is 11.3 Å². The van der Waals surface area contributed by atoms with Gasteiger partial charge in [0.1, 0.15) is 6.29 Å². The molecule has 2 aliphatic carbocycles. The lowest BCUT2D eigenvalue weighted by atomic mass is 9.55. The first-order valence-corrected chi connectivity index (χ1v) is 8.88. The van der Waals surface area contributed by atoms with Crippen LogP contribution in [0.2, 0.25) is 0 Å². The summed E-state index contributed by atoms with van der Waals surface area (Å²) in [4.78, 5) is 11.9. The van der Waals surface area contributed by atoms with Crippen LogP contribution in [0.3, 0.4) is 0 Å². The molecule has 0 spiro atoms. The quantitative estimate of drug-likeness (QED) is 0.452.